The number of rotatable bonds is 0. The van der Waals surface area contributed by atoms with Crippen LogP contribution in [0.2, 0.25) is 0 Å². The van der Waals surface area contributed by atoms with Gasteiger partial charge in [0, 0.05) is 0 Å². The molecule has 0 aromatic rings. The Balaban J connectivity index is -0.0000000800. The Morgan fingerprint density at radius 3 is 1.14 bits per heavy atom. The van der Waals surface area contributed by atoms with Crippen molar-refractivity contribution in [1.29, 1.82) is 0 Å². The molecule has 0 aromatic carbocycles. The third-order valence-corrected chi connectivity index (χ3v) is 0. The summed E-state index contributed by atoms with van der Waals surface area (Å²) in [5.74, 6) is 0. The molecule has 0 saturated heterocycles. The minimum atomic E-state index is -4.64. The Morgan fingerprint density at radius 1 is 1.14 bits per heavy atom. The van der Waals surface area contributed by atoms with Crippen LogP contribution in [0, 0.1) is 0 Å². The van der Waals surface area contributed by atoms with Crippen molar-refractivity contribution in [2.24, 2.45) is 0 Å². The van der Waals surface area contributed by atoms with E-state index in [4.69, 9.17) is 19.2 Å². The van der Waals surface area contributed by atoms with E-state index in [0.29, 0.717) is 0 Å². The van der Waals surface area contributed by atoms with E-state index in [0.717, 1.165) is 0 Å². The average molecular weight is 177 g/mol. The van der Waals surface area contributed by atoms with Crippen molar-refractivity contribution in [3.05, 3.63) is 0 Å². The van der Waals surface area contributed by atoms with Gasteiger partial charge in [-0.25, -0.2) is 4.57 Å². The van der Waals surface area contributed by atoms with Gasteiger partial charge in [-0.2, -0.15) is 0 Å². The molecular formula is H3CaKO4P+3. The van der Waals surface area contributed by atoms with Crippen molar-refractivity contribution in [2.45, 2.75) is 0 Å². The number of phosphoric acid groups is 1. The molecule has 4 nitrogen and oxygen atoms in total. The van der Waals surface area contributed by atoms with Crippen LogP contribution in [-0.4, -0.2) is 52.4 Å². The summed E-state index contributed by atoms with van der Waals surface area (Å²) in [6.07, 6.45) is 0. The Morgan fingerprint density at radius 2 is 1.14 bits per heavy atom. The molecule has 7 heavy (non-hydrogen) atoms. The Kier molecular flexibility index (Phi) is 16.8. The van der Waals surface area contributed by atoms with Crippen LogP contribution < -0.4 is 51.4 Å². The Bertz CT molecular complexity index is 57.8. The number of hydrogen-bond acceptors (Lipinski definition) is 1. The molecule has 0 bridgehead atoms. The van der Waals surface area contributed by atoms with Gasteiger partial charge >= 0.3 is 96.9 Å². The van der Waals surface area contributed by atoms with Crippen molar-refractivity contribution in [3.8, 4) is 0 Å². The summed E-state index contributed by atoms with van der Waals surface area (Å²) in [5, 5.41) is 0. The van der Waals surface area contributed by atoms with Gasteiger partial charge in [0.15, 0.2) is 0 Å². The van der Waals surface area contributed by atoms with Gasteiger partial charge in [0.2, 0.25) is 0 Å². The molecule has 0 atom stereocenters. The van der Waals surface area contributed by atoms with Crippen LogP contribution in [0.1, 0.15) is 0 Å². The van der Waals surface area contributed by atoms with E-state index in [9.17, 15) is 0 Å². The normalized spacial score (nSPS) is 8.43. The molecule has 0 aliphatic rings. The van der Waals surface area contributed by atoms with Crippen LogP contribution >= 0.6 is 7.82 Å². The van der Waals surface area contributed by atoms with Crippen molar-refractivity contribution in [3.63, 3.8) is 0 Å². The van der Waals surface area contributed by atoms with E-state index >= 15 is 0 Å². The monoisotopic (exact) mass is 177 g/mol. The second kappa shape index (κ2) is 7.12. The zero-order valence-corrected chi connectivity index (χ0v) is 10.1. The van der Waals surface area contributed by atoms with E-state index in [1.54, 1.807) is 0 Å². The summed E-state index contributed by atoms with van der Waals surface area (Å²) >= 11 is 0. The molecule has 0 aliphatic heterocycles. The minimum Gasteiger partial charge on any atom is -0.303 e. The van der Waals surface area contributed by atoms with E-state index in [-0.39, 0.29) is 89.1 Å². The molecule has 0 rings (SSSR count). The van der Waals surface area contributed by atoms with Crippen molar-refractivity contribution < 1.29 is 70.6 Å². The molecule has 3 N–H and O–H groups in total. The van der Waals surface area contributed by atoms with Crippen LogP contribution in [0.5, 0.6) is 0 Å². The summed E-state index contributed by atoms with van der Waals surface area (Å²) in [4.78, 5) is 21.6. The van der Waals surface area contributed by atoms with E-state index < -0.39 is 7.82 Å². The Hall–Kier alpha value is 3.01. The van der Waals surface area contributed by atoms with Gasteiger partial charge in [-0.05, 0) is 0 Å². The second-order valence-corrected chi connectivity index (χ2v) is 1.54. The van der Waals surface area contributed by atoms with Crippen molar-refractivity contribution in [1.82, 2.24) is 0 Å². The largest absolute Gasteiger partial charge is 2.00 e. The fourth-order valence-corrected chi connectivity index (χ4v) is 0. The van der Waals surface area contributed by atoms with Gasteiger partial charge < -0.3 is 14.7 Å². The summed E-state index contributed by atoms with van der Waals surface area (Å²) in [7, 11) is -4.64. The van der Waals surface area contributed by atoms with Crippen LogP contribution in [0.15, 0.2) is 0 Å². The first-order valence-corrected chi connectivity index (χ1v) is 2.35. The quantitative estimate of drug-likeness (QED) is 0.258. The van der Waals surface area contributed by atoms with Gasteiger partial charge in [0.25, 0.3) is 0 Å². The van der Waals surface area contributed by atoms with Crippen LogP contribution in [0.25, 0.3) is 0 Å². The molecule has 7 heteroatoms. The smallest absolute Gasteiger partial charge is 0.303 e. The molecule has 32 valence electrons. The predicted molar refractivity (Wildman–Crippen MR) is 20.0 cm³/mol. The zero-order chi connectivity index (χ0) is 4.50. The molecule has 0 radical (unpaired) electrons. The molecule has 0 unspecified atom stereocenters. The third kappa shape index (κ3) is 48.9. The molecular weight excluding hydrogens is 174 g/mol. The zero-order valence-electron chi connectivity index (χ0n) is 3.90. The van der Waals surface area contributed by atoms with Gasteiger partial charge in [-0.3, -0.25) is 0 Å². The first-order chi connectivity index (χ1) is 2.00. The van der Waals surface area contributed by atoms with Crippen molar-refractivity contribution in [2.75, 3.05) is 0 Å². The molecule has 0 saturated carbocycles. The summed E-state index contributed by atoms with van der Waals surface area (Å²) < 4.78 is 8.88. The number of hydrogen-bond donors (Lipinski definition) is 3. The van der Waals surface area contributed by atoms with Crippen LogP contribution in [0.4, 0.5) is 0 Å². The minimum absolute atomic E-state index is 0. The average Bonchev–Trinajstić information content (AvgIpc) is 0.722. The molecule has 0 heterocycles. The second-order valence-electron chi connectivity index (χ2n) is 0.513. The first kappa shape index (κ1) is 16.5. The van der Waals surface area contributed by atoms with Gasteiger partial charge in [0.1, 0.15) is 0 Å². The van der Waals surface area contributed by atoms with Gasteiger partial charge in [0.05, 0.1) is 0 Å². The molecule has 0 spiro atoms. The van der Waals surface area contributed by atoms with Crippen LogP contribution in [-0.2, 0) is 4.57 Å². The summed E-state index contributed by atoms with van der Waals surface area (Å²) in [5.41, 5.74) is 0. The van der Waals surface area contributed by atoms with E-state index in [1.807, 2.05) is 0 Å². The maximum Gasteiger partial charge on any atom is 2.00 e. The van der Waals surface area contributed by atoms with Crippen LogP contribution in [0.3, 0.4) is 0 Å². The molecule has 0 aliphatic carbocycles. The third-order valence-electron chi connectivity index (χ3n) is 0. The molecule has 0 amide bonds. The van der Waals surface area contributed by atoms with Gasteiger partial charge in [-0.1, -0.05) is 0 Å². The Labute approximate surface area is 113 Å². The SMILES string of the molecule is O=P(O)(O)O.[Ca+2].[K+]. The van der Waals surface area contributed by atoms with E-state index in [1.165, 1.54) is 0 Å². The van der Waals surface area contributed by atoms with E-state index in [2.05, 4.69) is 0 Å². The maximum atomic E-state index is 8.88. The van der Waals surface area contributed by atoms with Crippen molar-refractivity contribution >= 4 is 45.6 Å². The fourth-order valence-electron chi connectivity index (χ4n) is 0. The standard InChI is InChI=1S/Ca.K.H3O4P/c;;1-5(2,3)4/h;;(H3,1,2,3,4)/q+2;+1;. The summed E-state index contributed by atoms with van der Waals surface area (Å²) in [6.45, 7) is 0. The predicted octanol–water partition coefficient (Wildman–Crippen LogP) is -4.31. The molecule has 0 fully saturated rings. The van der Waals surface area contributed by atoms with Gasteiger partial charge in [-0.15, -0.1) is 0 Å². The summed E-state index contributed by atoms with van der Waals surface area (Å²) in [6, 6.07) is 0. The fraction of sp³-hybridized carbons (Fsp3) is 0. The maximum absolute atomic E-state index is 8.88. The topological polar surface area (TPSA) is 77.8 Å². The first-order valence-electron chi connectivity index (χ1n) is 0.783. The molecule has 0 aromatic heterocycles.